The first-order chi connectivity index (χ1) is 12.1. The number of carbonyl (C=O) groups excluding carboxylic acids is 2. The van der Waals surface area contributed by atoms with E-state index in [0.29, 0.717) is 25.5 Å². The fraction of sp³-hybridized carbons (Fsp3) is 0.529. The van der Waals surface area contributed by atoms with E-state index < -0.39 is 0 Å². The number of amides is 2. The molecule has 1 N–H and O–H groups in total. The summed E-state index contributed by atoms with van der Waals surface area (Å²) in [4.78, 5) is 25.9. The van der Waals surface area contributed by atoms with Gasteiger partial charge in [-0.2, -0.15) is 0 Å². The number of pyridine rings is 1. The first-order valence-electron chi connectivity index (χ1n) is 8.52. The number of nitrogens with one attached hydrogen (secondary N) is 1. The number of methoxy groups -OCH3 is 1. The molecule has 1 saturated heterocycles. The quantitative estimate of drug-likeness (QED) is 0.847. The topological polar surface area (TPSA) is 88.8 Å². The summed E-state index contributed by atoms with van der Waals surface area (Å²) in [6.07, 6.45) is 4.48. The third kappa shape index (κ3) is 2.81. The van der Waals surface area contributed by atoms with E-state index in [1.165, 1.54) is 7.11 Å². The number of piperidine rings is 1. The number of urea groups is 1. The van der Waals surface area contributed by atoms with Crippen molar-refractivity contribution in [2.45, 2.75) is 25.8 Å². The van der Waals surface area contributed by atoms with Crippen LogP contribution >= 0.6 is 0 Å². The SMILES string of the molecule is COC(=O)C1CC12CCN(C(=O)NCc1nnc3ccccn13)CC2. The normalized spacial score (nSPS) is 21.3. The molecule has 132 valence electrons. The summed E-state index contributed by atoms with van der Waals surface area (Å²) < 4.78 is 6.70. The van der Waals surface area contributed by atoms with Crippen molar-refractivity contribution >= 4 is 17.6 Å². The van der Waals surface area contributed by atoms with E-state index >= 15 is 0 Å². The molecule has 0 aromatic carbocycles. The molecule has 1 aliphatic carbocycles. The molecule has 8 nitrogen and oxygen atoms in total. The van der Waals surface area contributed by atoms with Crippen LogP contribution in [-0.4, -0.2) is 51.7 Å². The number of hydrogen-bond donors (Lipinski definition) is 1. The van der Waals surface area contributed by atoms with Crippen LogP contribution in [0.15, 0.2) is 24.4 Å². The molecule has 0 radical (unpaired) electrons. The minimum Gasteiger partial charge on any atom is -0.469 e. The van der Waals surface area contributed by atoms with Gasteiger partial charge in [0.15, 0.2) is 11.5 Å². The van der Waals surface area contributed by atoms with Gasteiger partial charge in [0.05, 0.1) is 19.6 Å². The third-order valence-corrected chi connectivity index (χ3v) is 5.50. The van der Waals surface area contributed by atoms with E-state index in [0.717, 1.165) is 24.9 Å². The molecule has 2 fully saturated rings. The van der Waals surface area contributed by atoms with Crippen LogP contribution in [0.3, 0.4) is 0 Å². The van der Waals surface area contributed by atoms with Crippen LogP contribution in [0.5, 0.6) is 0 Å². The maximum absolute atomic E-state index is 12.4. The molecule has 1 unspecified atom stereocenters. The second-order valence-corrected chi connectivity index (χ2v) is 6.83. The van der Waals surface area contributed by atoms with Gasteiger partial charge in [-0.15, -0.1) is 10.2 Å². The summed E-state index contributed by atoms with van der Waals surface area (Å²) >= 11 is 0. The highest BCUT2D eigenvalue weighted by atomic mass is 16.5. The molecule has 2 aromatic heterocycles. The maximum atomic E-state index is 12.4. The lowest BCUT2D eigenvalue weighted by Crippen LogP contribution is -2.45. The molecular weight excluding hydrogens is 322 g/mol. The molecule has 2 aliphatic rings. The molecule has 2 amide bonds. The van der Waals surface area contributed by atoms with Gasteiger partial charge in [0.1, 0.15) is 0 Å². The Labute approximate surface area is 145 Å². The van der Waals surface area contributed by atoms with Crippen molar-refractivity contribution in [2.24, 2.45) is 11.3 Å². The number of likely N-dealkylation sites (tertiary alicyclic amines) is 1. The van der Waals surface area contributed by atoms with E-state index in [2.05, 4.69) is 15.5 Å². The Morgan fingerprint density at radius 1 is 1.32 bits per heavy atom. The predicted octanol–water partition coefficient (Wildman–Crippen LogP) is 1.21. The van der Waals surface area contributed by atoms with Crippen molar-refractivity contribution in [3.8, 4) is 0 Å². The molecule has 4 rings (SSSR count). The number of aromatic nitrogens is 3. The summed E-state index contributed by atoms with van der Waals surface area (Å²) in [6.45, 7) is 1.66. The Hall–Kier alpha value is -2.64. The lowest BCUT2D eigenvalue weighted by atomic mass is 9.91. The largest absolute Gasteiger partial charge is 0.469 e. The average molecular weight is 343 g/mol. The lowest BCUT2D eigenvalue weighted by molar-refractivity contribution is -0.143. The summed E-state index contributed by atoms with van der Waals surface area (Å²) in [5.74, 6) is 0.604. The number of hydrogen-bond acceptors (Lipinski definition) is 5. The molecular formula is C17H21N5O3. The first-order valence-corrected chi connectivity index (χ1v) is 8.52. The van der Waals surface area contributed by atoms with Gasteiger partial charge in [-0.25, -0.2) is 4.79 Å². The van der Waals surface area contributed by atoms with Crippen LogP contribution in [-0.2, 0) is 16.1 Å². The molecule has 1 saturated carbocycles. The lowest BCUT2D eigenvalue weighted by Gasteiger charge is -2.32. The second kappa shape index (κ2) is 6.02. The van der Waals surface area contributed by atoms with Crippen LogP contribution in [0, 0.1) is 11.3 Å². The van der Waals surface area contributed by atoms with Gasteiger partial charge in [0, 0.05) is 19.3 Å². The fourth-order valence-electron chi connectivity index (χ4n) is 3.81. The highest BCUT2D eigenvalue weighted by Crippen LogP contribution is 2.59. The Morgan fingerprint density at radius 3 is 2.88 bits per heavy atom. The van der Waals surface area contributed by atoms with E-state index in [1.807, 2.05) is 28.8 Å². The minimum absolute atomic E-state index is 0.0186. The smallest absolute Gasteiger partial charge is 0.317 e. The maximum Gasteiger partial charge on any atom is 0.317 e. The molecule has 2 aromatic rings. The van der Waals surface area contributed by atoms with Crippen molar-refractivity contribution in [2.75, 3.05) is 20.2 Å². The summed E-state index contributed by atoms with van der Waals surface area (Å²) in [5.41, 5.74) is 0.821. The monoisotopic (exact) mass is 343 g/mol. The zero-order chi connectivity index (χ0) is 17.4. The molecule has 1 aliphatic heterocycles. The van der Waals surface area contributed by atoms with Crippen molar-refractivity contribution in [3.63, 3.8) is 0 Å². The molecule has 3 heterocycles. The van der Waals surface area contributed by atoms with Crippen LogP contribution < -0.4 is 5.32 Å². The Kier molecular flexibility index (Phi) is 3.82. The third-order valence-electron chi connectivity index (χ3n) is 5.50. The number of carbonyl (C=O) groups is 2. The second-order valence-electron chi connectivity index (χ2n) is 6.83. The number of fused-ring (bicyclic) bond motifs is 1. The molecule has 1 spiro atoms. The van der Waals surface area contributed by atoms with Gasteiger partial charge in [-0.05, 0) is 36.8 Å². The van der Waals surface area contributed by atoms with Gasteiger partial charge < -0.3 is 15.0 Å². The zero-order valence-electron chi connectivity index (χ0n) is 14.1. The van der Waals surface area contributed by atoms with Crippen LogP contribution in [0.2, 0.25) is 0 Å². The number of nitrogens with zero attached hydrogens (tertiary/aromatic N) is 4. The molecule has 25 heavy (non-hydrogen) atoms. The number of ether oxygens (including phenoxy) is 1. The van der Waals surface area contributed by atoms with Gasteiger partial charge in [-0.3, -0.25) is 9.20 Å². The fourth-order valence-corrected chi connectivity index (χ4v) is 3.81. The van der Waals surface area contributed by atoms with Crippen LogP contribution in [0.1, 0.15) is 25.1 Å². The molecule has 8 heteroatoms. The van der Waals surface area contributed by atoms with E-state index in [-0.39, 0.29) is 23.3 Å². The van der Waals surface area contributed by atoms with Crippen molar-refractivity contribution in [3.05, 3.63) is 30.2 Å². The van der Waals surface area contributed by atoms with Gasteiger partial charge in [0.2, 0.25) is 0 Å². The predicted molar refractivity (Wildman–Crippen MR) is 88.6 cm³/mol. The number of rotatable bonds is 3. The average Bonchev–Trinajstić information content (AvgIpc) is 3.18. The summed E-state index contributed by atoms with van der Waals surface area (Å²) in [7, 11) is 1.44. The van der Waals surface area contributed by atoms with Gasteiger partial charge in [-0.1, -0.05) is 6.07 Å². The van der Waals surface area contributed by atoms with Gasteiger partial charge >= 0.3 is 12.0 Å². The van der Waals surface area contributed by atoms with Crippen LogP contribution in [0.25, 0.3) is 5.65 Å². The van der Waals surface area contributed by atoms with E-state index in [9.17, 15) is 9.59 Å². The van der Waals surface area contributed by atoms with Crippen molar-refractivity contribution in [1.82, 2.24) is 24.8 Å². The Bertz CT molecular complexity index is 809. The Balaban J connectivity index is 1.31. The van der Waals surface area contributed by atoms with Crippen molar-refractivity contribution < 1.29 is 14.3 Å². The Morgan fingerprint density at radius 2 is 2.12 bits per heavy atom. The first kappa shape index (κ1) is 15.9. The minimum atomic E-state index is -0.114. The van der Waals surface area contributed by atoms with Gasteiger partial charge in [0.25, 0.3) is 0 Å². The number of esters is 1. The van der Waals surface area contributed by atoms with E-state index in [4.69, 9.17) is 4.74 Å². The summed E-state index contributed by atoms with van der Waals surface area (Å²) in [5, 5.41) is 11.1. The molecule has 1 atom stereocenters. The zero-order valence-corrected chi connectivity index (χ0v) is 14.1. The highest BCUT2D eigenvalue weighted by molar-refractivity contribution is 5.77. The summed E-state index contributed by atoms with van der Waals surface area (Å²) in [6, 6.07) is 5.57. The van der Waals surface area contributed by atoms with Crippen molar-refractivity contribution in [1.29, 1.82) is 0 Å². The standard InChI is InChI=1S/C17H21N5O3/c1-25-15(23)12-10-17(12)5-8-21(9-6-17)16(24)18-11-14-20-19-13-4-2-3-7-22(13)14/h2-4,7,12H,5-6,8-11H2,1H3,(H,18,24). The molecule has 0 bridgehead atoms. The van der Waals surface area contributed by atoms with E-state index in [1.54, 1.807) is 4.90 Å². The van der Waals surface area contributed by atoms with Crippen LogP contribution in [0.4, 0.5) is 4.79 Å². The highest BCUT2D eigenvalue weighted by Gasteiger charge is 2.59.